The molecule has 29 heavy (non-hydrogen) atoms. The van der Waals surface area contributed by atoms with Gasteiger partial charge in [-0.25, -0.2) is 9.97 Å². The van der Waals surface area contributed by atoms with E-state index in [-0.39, 0.29) is 5.91 Å². The van der Waals surface area contributed by atoms with Crippen molar-refractivity contribution in [1.82, 2.24) is 15.3 Å². The number of carbonyl (C=O) groups is 1. The minimum absolute atomic E-state index is 0.222. The molecule has 0 aliphatic carbocycles. The van der Waals surface area contributed by atoms with Crippen molar-refractivity contribution in [3.8, 4) is 16.6 Å². The third kappa shape index (κ3) is 4.70. The summed E-state index contributed by atoms with van der Waals surface area (Å²) in [6.45, 7) is 2.67. The Morgan fingerprint density at radius 1 is 1.14 bits per heavy atom. The molecule has 0 saturated carbocycles. The molecule has 0 radical (unpaired) electrons. The average molecular weight is 405 g/mol. The molecule has 3 heterocycles. The van der Waals surface area contributed by atoms with Crippen LogP contribution in [0.3, 0.4) is 0 Å². The van der Waals surface area contributed by atoms with Gasteiger partial charge in [0.05, 0.1) is 6.26 Å². The zero-order chi connectivity index (χ0) is 20.1. The second-order valence-corrected chi connectivity index (χ2v) is 7.56. The number of hydrogen-bond acceptors (Lipinski definition) is 6. The number of rotatable bonds is 7. The minimum atomic E-state index is -0.222. The third-order valence-corrected chi connectivity index (χ3v) is 5.21. The summed E-state index contributed by atoms with van der Waals surface area (Å²) < 4.78 is 11.1. The Bertz CT molecular complexity index is 1090. The highest BCUT2D eigenvalue weighted by molar-refractivity contribution is 7.15. The molecule has 1 amide bonds. The third-order valence-electron chi connectivity index (χ3n) is 4.23. The van der Waals surface area contributed by atoms with Crippen molar-refractivity contribution in [2.75, 3.05) is 0 Å². The first-order valence-corrected chi connectivity index (χ1v) is 9.92. The van der Waals surface area contributed by atoms with Crippen LogP contribution in [0.2, 0.25) is 0 Å². The largest absolute Gasteiger partial charge is 0.473 e. The van der Waals surface area contributed by atoms with Crippen molar-refractivity contribution < 1.29 is 13.9 Å². The van der Waals surface area contributed by atoms with E-state index >= 15 is 0 Å². The van der Waals surface area contributed by atoms with Crippen LogP contribution in [0.25, 0.3) is 10.8 Å². The number of nitrogens with one attached hydrogen (secondary N) is 1. The van der Waals surface area contributed by atoms with Gasteiger partial charge in [-0.3, -0.25) is 4.79 Å². The van der Waals surface area contributed by atoms with E-state index in [4.69, 9.17) is 9.15 Å². The Morgan fingerprint density at radius 3 is 2.79 bits per heavy atom. The zero-order valence-corrected chi connectivity index (χ0v) is 16.6. The molecule has 4 aromatic rings. The van der Waals surface area contributed by atoms with E-state index in [1.807, 2.05) is 55.5 Å². The lowest BCUT2D eigenvalue weighted by Crippen LogP contribution is -2.23. The maximum absolute atomic E-state index is 12.6. The maximum atomic E-state index is 12.6. The van der Waals surface area contributed by atoms with Gasteiger partial charge >= 0.3 is 0 Å². The van der Waals surface area contributed by atoms with Gasteiger partial charge in [0.15, 0.2) is 10.8 Å². The molecule has 6 nitrogen and oxygen atoms in total. The van der Waals surface area contributed by atoms with Crippen LogP contribution in [0.1, 0.15) is 26.5 Å². The predicted octanol–water partition coefficient (Wildman–Crippen LogP) is 4.62. The van der Waals surface area contributed by atoms with E-state index in [1.165, 1.54) is 11.3 Å². The zero-order valence-electron chi connectivity index (χ0n) is 15.8. The highest BCUT2D eigenvalue weighted by Crippen LogP contribution is 2.27. The number of ether oxygens (including phenoxy) is 1. The lowest BCUT2D eigenvalue weighted by atomic mass is 10.2. The van der Waals surface area contributed by atoms with Crippen molar-refractivity contribution >= 4 is 17.2 Å². The van der Waals surface area contributed by atoms with E-state index in [1.54, 1.807) is 18.5 Å². The van der Waals surface area contributed by atoms with E-state index in [2.05, 4.69) is 15.3 Å². The van der Waals surface area contributed by atoms with Crippen LogP contribution in [0, 0.1) is 6.92 Å². The number of benzene rings is 1. The molecule has 0 spiro atoms. The molecule has 1 N–H and O–H groups in total. The van der Waals surface area contributed by atoms with Crippen LogP contribution in [-0.2, 0) is 13.2 Å². The van der Waals surface area contributed by atoms with Crippen molar-refractivity contribution in [1.29, 1.82) is 0 Å². The van der Waals surface area contributed by atoms with Crippen molar-refractivity contribution in [3.05, 3.63) is 88.8 Å². The molecular weight excluding hydrogens is 386 g/mol. The molecule has 0 atom stereocenters. The van der Waals surface area contributed by atoms with Crippen LogP contribution in [0.4, 0.5) is 0 Å². The monoisotopic (exact) mass is 405 g/mol. The lowest BCUT2D eigenvalue weighted by molar-refractivity contribution is 0.0946. The molecule has 0 aliphatic rings. The standard InChI is InChI=1S/C22H19N3O3S/c1-15-20(25-22(29-15)18-8-5-11-27-18)21(26)24-13-17-9-10-23-19(12-17)28-14-16-6-3-2-4-7-16/h2-12H,13-14H2,1H3,(H,24,26). The van der Waals surface area contributed by atoms with Crippen molar-refractivity contribution in [2.45, 2.75) is 20.1 Å². The number of furan rings is 1. The minimum Gasteiger partial charge on any atom is -0.473 e. The Kier molecular flexibility index (Phi) is 5.67. The number of pyridine rings is 1. The van der Waals surface area contributed by atoms with Crippen LogP contribution in [0.15, 0.2) is 71.5 Å². The molecule has 0 fully saturated rings. The highest BCUT2D eigenvalue weighted by Gasteiger charge is 2.17. The Balaban J connectivity index is 1.37. The molecule has 0 saturated heterocycles. The summed E-state index contributed by atoms with van der Waals surface area (Å²) in [6.07, 6.45) is 3.26. The van der Waals surface area contributed by atoms with Gasteiger partial charge in [-0.1, -0.05) is 30.3 Å². The first-order chi connectivity index (χ1) is 14.2. The summed E-state index contributed by atoms with van der Waals surface area (Å²) in [4.78, 5) is 22.1. The van der Waals surface area contributed by atoms with Gasteiger partial charge in [0, 0.05) is 23.7 Å². The topological polar surface area (TPSA) is 77.3 Å². The van der Waals surface area contributed by atoms with Gasteiger partial charge < -0.3 is 14.5 Å². The normalized spacial score (nSPS) is 10.7. The fourth-order valence-electron chi connectivity index (χ4n) is 2.75. The number of hydrogen-bond donors (Lipinski definition) is 1. The SMILES string of the molecule is Cc1sc(-c2ccco2)nc1C(=O)NCc1ccnc(OCc2ccccc2)c1. The number of nitrogens with zero attached hydrogens (tertiary/aromatic N) is 2. The number of thiazole rings is 1. The first kappa shape index (κ1) is 18.9. The molecule has 0 bridgehead atoms. The van der Waals surface area contributed by atoms with E-state index in [9.17, 15) is 4.79 Å². The Morgan fingerprint density at radius 2 is 2.00 bits per heavy atom. The molecule has 146 valence electrons. The van der Waals surface area contributed by atoms with Crippen LogP contribution in [0.5, 0.6) is 5.88 Å². The smallest absolute Gasteiger partial charge is 0.271 e. The fraction of sp³-hybridized carbons (Fsp3) is 0.136. The van der Waals surface area contributed by atoms with E-state index < -0.39 is 0 Å². The second-order valence-electron chi connectivity index (χ2n) is 6.36. The molecule has 3 aromatic heterocycles. The van der Waals surface area contributed by atoms with Crippen molar-refractivity contribution in [2.24, 2.45) is 0 Å². The predicted molar refractivity (Wildman–Crippen MR) is 111 cm³/mol. The summed E-state index contributed by atoms with van der Waals surface area (Å²) in [5.41, 5.74) is 2.38. The Labute approximate surface area is 172 Å². The quantitative estimate of drug-likeness (QED) is 0.486. The summed E-state index contributed by atoms with van der Waals surface area (Å²) in [5, 5.41) is 3.60. The van der Waals surface area contributed by atoms with Crippen molar-refractivity contribution in [3.63, 3.8) is 0 Å². The number of aryl methyl sites for hydroxylation is 1. The van der Waals surface area contributed by atoms with Gasteiger partial charge in [-0.2, -0.15) is 0 Å². The molecule has 1 aromatic carbocycles. The van der Waals surface area contributed by atoms with Gasteiger partial charge in [-0.15, -0.1) is 11.3 Å². The van der Waals surface area contributed by atoms with Gasteiger partial charge in [0.1, 0.15) is 12.3 Å². The number of carbonyl (C=O) groups excluding carboxylic acids is 1. The van der Waals surface area contributed by atoms with Crippen LogP contribution in [-0.4, -0.2) is 15.9 Å². The van der Waals surface area contributed by atoms with E-state index in [0.29, 0.717) is 35.5 Å². The molecule has 7 heteroatoms. The molecule has 4 rings (SSSR count). The average Bonchev–Trinajstić information content (AvgIpc) is 3.41. The van der Waals surface area contributed by atoms with Gasteiger partial charge in [0.25, 0.3) is 5.91 Å². The summed E-state index contributed by atoms with van der Waals surface area (Å²) in [7, 11) is 0. The summed E-state index contributed by atoms with van der Waals surface area (Å²) >= 11 is 1.43. The summed E-state index contributed by atoms with van der Waals surface area (Å²) in [5.74, 6) is 0.956. The molecular formula is C22H19N3O3S. The fourth-order valence-corrected chi connectivity index (χ4v) is 3.63. The van der Waals surface area contributed by atoms with Crippen LogP contribution < -0.4 is 10.1 Å². The highest BCUT2D eigenvalue weighted by atomic mass is 32.1. The molecule has 0 aliphatic heterocycles. The van der Waals surface area contributed by atoms with Gasteiger partial charge in [0.2, 0.25) is 5.88 Å². The second kappa shape index (κ2) is 8.70. The number of aromatic nitrogens is 2. The Hall–Kier alpha value is -3.45. The maximum Gasteiger partial charge on any atom is 0.271 e. The lowest BCUT2D eigenvalue weighted by Gasteiger charge is -2.08. The van der Waals surface area contributed by atoms with Gasteiger partial charge in [-0.05, 0) is 36.2 Å². The summed E-state index contributed by atoms with van der Waals surface area (Å²) in [6, 6.07) is 17.2. The van der Waals surface area contributed by atoms with E-state index in [0.717, 1.165) is 16.0 Å². The number of amides is 1. The first-order valence-electron chi connectivity index (χ1n) is 9.10. The van der Waals surface area contributed by atoms with Crippen LogP contribution >= 0.6 is 11.3 Å². The molecule has 0 unspecified atom stereocenters.